The van der Waals surface area contributed by atoms with E-state index in [1.807, 2.05) is 25.1 Å². The van der Waals surface area contributed by atoms with Crippen molar-refractivity contribution in [2.45, 2.75) is 19.9 Å². The Kier molecular flexibility index (Phi) is 5.96. The fraction of sp³-hybridized carbons (Fsp3) is 0.280. The van der Waals surface area contributed by atoms with Crippen molar-refractivity contribution in [1.29, 1.82) is 0 Å². The first-order valence-electron chi connectivity index (χ1n) is 11.4. The smallest absolute Gasteiger partial charge is 0.295 e. The number of hydrogen-bond acceptors (Lipinski definition) is 8. The quantitative estimate of drug-likeness (QED) is 0.334. The summed E-state index contributed by atoms with van der Waals surface area (Å²) in [5.41, 5.74) is 1.58. The van der Waals surface area contributed by atoms with Gasteiger partial charge in [0.15, 0.2) is 0 Å². The summed E-state index contributed by atoms with van der Waals surface area (Å²) >= 11 is 0. The van der Waals surface area contributed by atoms with Crippen LogP contribution in [0.3, 0.4) is 0 Å². The van der Waals surface area contributed by atoms with E-state index in [-0.39, 0.29) is 36.4 Å². The number of H-pyrrole nitrogens is 1. The number of piperazine rings is 1. The minimum Gasteiger partial charge on any atom is -0.494 e. The second-order valence-electron chi connectivity index (χ2n) is 8.56. The number of Topliss-reactive ketones (excluding diaryl/α,β-unsaturated/α-hetero) is 1. The minimum atomic E-state index is -0.684. The topological polar surface area (TPSA) is 135 Å². The first-order valence-corrected chi connectivity index (χ1v) is 11.4. The Balaban J connectivity index is 1.39. The summed E-state index contributed by atoms with van der Waals surface area (Å²) in [4.78, 5) is 54.3. The first-order chi connectivity index (χ1) is 17.4. The molecule has 0 saturated carbocycles. The Labute approximate surface area is 206 Å². The van der Waals surface area contributed by atoms with Gasteiger partial charge in [0.05, 0.1) is 29.8 Å². The van der Waals surface area contributed by atoms with Crippen molar-refractivity contribution in [3.8, 4) is 17.3 Å². The van der Waals surface area contributed by atoms with Gasteiger partial charge in [-0.15, -0.1) is 0 Å². The molecular formula is C25H24N6O5. The zero-order chi connectivity index (χ0) is 25.4. The molecule has 4 heterocycles. The molecule has 2 amide bonds. The molecule has 11 heteroatoms. The Morgan fingerprint density at radius 2 is 1.94 bits per heavy atom. The summed E-state index contributed by atoms with van der Waals surface area (Å²) in [6.45, 7) is 4.36. The normalized spacial score (nSPS) is 15.8. The number of nitrogens with zero attached hydrogens (tertiary/aromatic N) is 5. The number of methoxy groups -OCH3 is 1. The fourth-order valence-electron chi connectivity index (χ4n) is 4.47. The minimum absolute atomic E-state index is 0.0976. The van der Waals surface area contributed by atoms with Crippen LogP contribution >= 0.6 is 0 Å². The van der Waals surface area contributed by atoms with Gasteiger partial charge in [-0.25, -0.2) is 4.98 Å². The number of carbonyl (C=O) groups is 3. The molecule has 11 nitrogen and oxygen atoms in total. The Hall–Kier alpha value is -4.54. The highest BCUT2D eigenvalue weighted by atomic mass is 16.5. The van der Waals surface area contributed by atoms with E-state index < -0.39 is 11.7 Å². The van der Waals surface area contributed by atoms with Crippen LogP contribution in [-0.4, -0.2) is 80.3 Å². The van der Waals surface area contributed by atoms with Crippen LogP contribution in [0, 0.1) is 6.92 Å². The van der Waals surface area contributed by atoms with Gasteiger partial charge in [-0.05, 0) is 19.1 Å². The molecule has 1 N–H and O–H groups in total. The van der Waals surface area contributed by atoms with Gasteiger partial charge in [0.25, 0.3) is 17.6 Å². The van der Waals surface area contributed by atoms with Crippen LogP contribution in [-0.2, 0) is 4.79 Å². The highest BCUT2D eigenvalue weighted by Gasteiger charge is 2.34. The lowest BCUT2D eigenvalue weighted by Crippen LogP contribution is -2.56. The third-order valence-corrected chi connectivity index (χ3v) is 6.27. The molecule has 0 aliphatic carbocycles. The number of rotatable bonds is 5. The number of ether oxygens (including phenoxy) is 1. The van der Waals surface area contributed by atoms with Gasteiger partial charge in [-0.3, -0.25) is 14.4 Å². The lowest BCUT2D eigenvalue weighted by molar-refractivity contribution is -0.128. The average Bonchev–Trinajstić information content (AvgIpc) is 3.54. The second kappa shape index (κ2) is 9.25. The molecule has 1 saturated heterocycles. The van der Waals surface area contributed by atoms with Crippen molar-refractivity contribution in [1.82, 2.24) is 29.9 Å². The van der Waals surface area contributed by atoms with E-state index in [2.05, 4.69) is 20.1 Å². The predicted molar refractivity (Wildman–Crippen MR) is 129 cm³/mol. The maximum absolute atomic E-state index is 13.4. The zero-order valence-electron chi connectivity index (χ0n) is 20.0. The van der Waals surface area contributed by atoms with Gasteiger partial charge in [-0.1, -0.05) is 23.4 Å². The largest absolute Gasteiger partial charge is 0.494 e. The highest BCUT2D eigenvalue weighted by molar-refractivity contribution is 6.45. The molecule has 3 aromatic heterocycles. The van der Waals surface area contributed by atoms with Crippen molar-refractivity contribution >= 4 is 28.5 Å². The Bertz CT molecular complexity index is 1460. The molecule has 1 atom stereocenters. The van der Waals surface area contributed by atoms with E-state index in [4.69, 9.17) is 9.26 Å². The molecule has 5 rings (SSSR count). The lowest BCUT2D eigenvalue weighted by Gasteiger charge is -2.39. The third kappa shape index (κ3) is 3.98. The number of fused-ring (bicyclic) bond motifs is 1. The maximum Gasteiger partial charge on any atom is 0.295 e. The van der Waals surface area contributed by atoms with Gasteiger partial charge in [0.1, 0.15) is 11.4 Å². The highest BCUT2D eigenvalue weighted by Crippen LogP contribution is 2.34. The number of ketones is 1. The van der Waals surface area contributed by atoms with E-state index in [1.54, 1.807) is 24.0 Å². The van der Waals surface area contributed by atoms with Crippen LogP contribution in [0.5, 0.6) is 5.75 Å². The van der Waals surface area contributed by atoms with Crippen LogP contribution < -0.4 is 4.74 Å². The summed E-state index contributed by atoms with van der Waals surface area (Å²) < 4.78 is 10.5. The molecule has 1 aliphatic heterocycles. The van der Waals surface area contributed by atoms with Crippen molar-refractivity contribution < 1.29 is 23.6 Å². The van der Waals surface area contributed by atoms with Gasteiger partial charge in [-0.2, -0.15) is 4.98 Å². The average molecular weight is 489 g/mol. The Morgan fingerprint density at radius 3 is 2.61 bits per heavy atom. The summed E-state index contributed by atoms with van der Waals surface area (Å²) in [7, 11) is 1.46. The van der Waals surface area contributed by atoms with E-state index in [1.165, 1.54) is 24.4 Å². The van der Waals surface area contributed by atoms with Crippen molar-refractivity contribution in [2.75, 3.05) is 26.7 Å². The predicted octanol–water partition coefficient (Wildman–Crippen LogP) is 2.49. The van der Waals surface area contributed by atoms with E-state index in [9.17, 15) is 14.4 Å². The Morgan fingerprint density at radius 1 is 1.17 bits per heavy atom. The first kappa shape index (κ1) is 23.2. The summed E-state index contributed by atoms with van der Waals surface area (Å²) in [6, 6.07) is 8.75. The zero-order valence-corrected chi connectivity index (χ0v) is 20.0. The van der Waals surface area contributed by atoms with Gasteiger partial charge in [0.2, 0.25) is 11.7 Å². The molecule has 36 heavy (non-hydrogen) atoms. The monoisotopic (exact) mass is 488 g/mol. The third-order valence-electron chi connectivity index (χ3n) is 6.27. The van der Waals surface area contributed by atoms with Crippen LogP contribution in [0.25, 0.3) is 22.4 Å². The number of hydrogen-bond donors (Lipinski definition) is 1. The molecule has 0 unspecified atom stereocenters. The summed E-state index contributed by atoms with van der Waals surface area (Å²) in [5.74, 6) is -0.479. The van der Waals surface area contributed by atoms with Crippen LogP contribution in [0.2, 0.25) is 0 Å². The number of aryl methyl sites for hydroxylation is 1. The molecular weight excluding hydrogens is 464 g/mol. The number of benzene rings is 1. The maximum atomic E-state index is 13.4. The molecule has 0 radical (unpaired) electrons. The fourth-order valence-corrected chi connectivity index (χ4v) is 4.47. The molecule has 184 valence electrons. The van der Waals surface area contributed by atoms with Crippen LogP contribution in [0.1, 0.15) is 33.5 Å². The van der Waals surface area contributed by atoms with E-state index >= 15 is 0 Å². The van der Waals surface area contributed by atoms with Crippen LogP contribution in [0.4, 0.5) is 0 Å². The summed E-state index contributed by atoms with van der Waals surface area (Å²) in [5, 5.41) is 4.32. The number of amides is 2. The van der Waals surface area contributed by atoms with E-state index in [0.29, 0.717) is 40.3 Å². The van der Waals surface area contributed by atoms with Gasteiger partial charge < -0.3 is 24.0 Å². The molecule has 4 aromatic rings. The number of carbonyl (C=O) groups excluding carboxylic acids is 3. The van der Waals surface area contributed by atoms with Gasteiger partial charge in [0, 0.05) is 44.4 Å². The van der Waals surface area contributed by atoms with E-state index in [0.717, 1.165) is 0 Å². The molecule has 1 aliphatic rings. The van der Waals surface area contributed by atoms with Crippen LogP contribution in [0.15, 0.2) is 47.2 Å². The SMILES string of the molecule is COc1cnc(-c2noc(C)n2)c2[nH]cc(C(=O)C(=O)N3CCN(C(=O)c4ccccc4)[C@H](C)C3)c12. The molecule has 0 bridgehead atoms. The molecule has 0 spiro atoms. The number of aromatic nitrogens is 4. The van der Waals surface area contributed by atoms with Crippen molar-refractivity contribution in [2.24, 2.45) is 0 Å². The van der Waals surface area contributed by atoms with Gasteiger partial charge >= 0.3 is 0 Å². The molecule has 1 fully saturated rings. The molecule has 1 aromatic carbocycles. The summed E-state index contributed by atoms with van der Waals surface area (Å²) in [6.07, 6.45) is 2.92. The van der Waals surface area contributed by atoms with Crippen molar-refractivity contribution in [3.63, 3.8) is 0 Å². The lowest BCUT2D eigenvalue weighted by atomic mass is 10.1. The standard InChI is InChI=1S/C25H24N6O5/c1-14-13-30(9-10-31(14)24(33)16-7-5-4-6-8-16)25(34)22(32)17-11-26-20-19(17)18(35-3)12-27-21(20)23-28-15(2)36-29-23/h4-8,11-12,14,26H,9-10,13H2,1-3H3/t14-/m1/s1. The number of pyridine rings is 1. The second-order valence-corrected chi connectivity index (χ2v) is 8.56. The van der Waals surface area contributed by atoms with Crippen molar-refractivity contribution in [3.05, 3.63) is 59.7 Å². The number of aromatic amines is 1. The number of nitrogens with one attached hydrogen (secondary N) is 1.